The fourth-order valence-corrected chi connectivity index (χ4v) is 2.94. The van der Waals surface area contributed by atoms with Crippen molar-refractivity contribution in [2.24, 2.45) is 0 Å². The summed E-state index contributed by atoms with van der Waals surface area (Å²) >= 11 is 0.828. The minimum Gasteiger partial charge on any atom is -0.283 e. The fraction of sp³-hybridized carbons (Fsp3) is 0.0667. The molecule has 0 aliphatic carbocycles. The van der Waals surface area contributed by atoms with E-state index in [2.05, 4.69) is 5.10 Å². The molecule has 0 N–H and O–H groups in total. The Labute approximate surface area is 127 Å². The maximum absolute atomic E-state index is 12.4. The van der Waals surface area contributed by atoms with Crippen molar-refractivity contribution >= 4 is 17.1 Å². The van der Waals surface area contributed by atoms with Crippen molar-refractivity contribution in [3.05, 3.63) is 59.7 Å². The summed E-state index contributed by atoms with van der Waals surface area (Å²) in [5, 5.41) is 4.10. The van der Waals surface area contributed by atoms with Crippen molar-refractivity contribution in [1.29, 1.82) is 0 Å². The van der Waals surface area contributed by atoms with Crippen molar-refractivity contribution in [2.75, 3.05) is 0 Å². The van der Waals surface area contributed by atoms with Gasteiger partial charge in [-0.15, -0.1) is 11.3 Å². The van der Waals surface area contributed by atoms with Gasteiger partial charge in [0.2, 0.25) is 0 Å². The zero-order valence-electron chi connectivity index (χ0n) is 11.0. The van der Waals surface area contributed by atoms with Gasteiger partial charge in [0.05, 0.1) is 10.6 Å². The van der Waals surface area contributed by atoms with Crippen molar-refractivity contribution in [1.82, 2.24) is 9.78 Å². The number of carbonyl (C=O) groups is 1. The highest BCUT2D eigenvalue weighted by Gasteiger charge is 2.40. The number of hydrogen-bond acceptors (Lipinski definition) is 3. The lowest BCUT2D eigenvalue weighted by atomic mass is 10.1. The molecule has 0 bridgehead atoms. The third-order valence-corrected chi connectivity index (χ3v) is 4.12. The Morgan fingerprint density at radius 1 is 1.14 bits per heavy atom. The Bertz CT molecular complexity index is 806. The average molecular weight is 322 g/mol. The predicted molar refractivity (Wildman–Crippen MR) is 77.3 cm³/mol. The van der Waals surface area contributed by atoms with E-state index in [1.54, 1.807) is 41.3 Å². The first-order chi connectivity index (χ1) is 10.4. The van der Waals surface area contributed by atoms with Crippen molar-refractivity contribution in [2.45, 2.75) is 6.18 Å². The number of rotatable bonds is 3. The van der Waals surface area contributed by atoms with Gasteiger partial charge in [-0.1, -0.05) is 12.1 Å². The van der Waals surface area contributed by atoms with Gasteiger partial charge < -0.3 is 0 Å². The number of thiophene rings is 1. The number of Topliss-reactive ketones (excluding diaryl/α,β-unsaturated/α-hetero) is 1. The highest BCUT2D eigenvalue weighted by molar-refractivity contribution is 7.17. The van der Waals surface area contributed by atoms with Crippen LogP contribution in [0.1, 0.15) is 9.67 Å². The summed E-state index contributed by atoms with van der Waals surface area (Å²) in [5.41, 5.74) is 1.53. The Morgan fingerprint density at radius 3 is 2.64 bits per heavy atom. The predicted octanol–water partition coefficient (Wildman–Crippen LogP) is 4.35. The first-order valence-electron chi connectivity index (χ1n) is 6.27. The van der Waals surface area contributed by atoms with E-state index < -0.39 is 12.0 Å². The van der Waals surface area contributed by atoms with E-state index in [0.717, 1.165) is 22.6 Å². The van der Waals surface area contributed by atoms with Crippen LogP contribution < -0.4 is 0 Å². The topological polar surface area (TPSA) is 34.9 Å². The molecule has 0 unspecified atom stereocenters. The molecule has 7 heteroatoms. The van der Waals surface area contributed by atoms with Crippen LogP contribution in [0.5, 0.6) is 0 Å². The van der Waals surface area contributed by atoms with Crippen molar-refractivity contribution in [3.8, 4) is 16.1 Å². The lowest BCUT2D eigenvalue weighted by molar-refractivity contribution is -0.0882. The van der Waals surface area contributed by atoms with E-state index in [-0.39, 0.29) is 4.88 Å². The molecule has 0 aliphatic rings. The van der Waals surface area contributed by atoms with Crippen LogP contribution in [0.2, 0.25) is 0 Å². The summed E-state index contributed by atoms with van der Waals surface area (Å²) in [6.07, 6.45) is -1.44. The van der Waals surface area contributed by atoms with Gasteiger partial charge in [0.15, 0.2) is 0 Å². The molecule has 1 aromatic carbocycles. The molecule has 0 aliphatic heterocycles. The molecule has 0 atom stereocenters. The second-order valence-electron chi connectivity index (χ2n) is 4.49. The number of carbonyl (C=O) groups excluding carboxylic acids is 1. The highest BCUT2D eigenvalue weighted by Crippen LogP contribution is 2.32. The number of halogens is 3. The Kier molecular flexibility index (Phi) is 3.58. The standard InChI is InChI=1S/C15H9F3N2OS/c16-15(17,18)14(21)13-6-5-12(22-13)10-3-1-4-11(9-10)20-8-2-7-19-20/h1-9H. The van der Waals surface area contributed by atoms with Crippen LogP contribution in [0.15, 0.2) is 54.9 Å². The molecule has 0 saturated carbocycles. The number of aromatic nitrogens is 2. The third-order valence-electron chi connectivity index (χ3n) is 2.99. The fourth-order valence-electron chi connectivity index (χ4n) is 1.98. The number of nitrogens with zero attached hydrogens (tertiary/aromatic N) is 2. The van der Waals surface area contributed by atoms with Gasteiger partial charge in [-0.05, 0) is 35.9 Å². The molecule has 0 radical (unpaired) electrons. The summed E-state index contributed by atoms with van der Waals surface area (Å²) in [4.78, 5) is 11.5. The monoisotopic (exact) mass is 322 g/mol. The van der Waals surface area contributed by atoms with Gasteiger partial charge >= 0.3 is 6.18 Å². The zero-order valence-corrected chi connectivity index (χ0v) is 11.9. The van der Waals surface area contributed by atoms with Crippen LogP contribution in [0.3, 0.4) is 0 Å². The lowest BCUT2D eigenvalue weighted by Gasteiger charge is -2.04. The third kappa shape index (κ3) is 2.80. The summed E-state index contributed by atoms with van der Waals surface area (Å²) in [5.74, 6) is -1.81. The molecule has 0 spiro atoms. The van der Waals surface area contributed by atoms with Gasteiger partial charge in [-0.25, -0.2) is 4.68 Å². The smallest absolute Gasteiger partial charge is 0.283 e. The first kappa shape index (κ1) is 14.5. The molecule has 2 aromatic heterocycles. The molecular formula is C15H9F3N2OS. The summed E-state index contributed by atoms with van der Waals surface area (Å²) < 4.78 is 39.0. The van der Waals surface area contributed by atoms with Crippen LogP contribution >= 0.6 is 11.3 Å². The Morgan fingerprint density at radius 2 is 1.95 bits per heavy atom. The SMILES string of the molecule is O=C(c1ccc(-c2cccc(-n3cccn3)c2)s1)C(F)(F)F. The van der Waals surface area contributed by atoms with E-state index >= 15 is 0 Å². The molecule has 22 heavy (non-hydrogen) atoms. The Balaban J connectivity index is 1.94. The quantitative estimate of drug-likeness (QED) is 0.672. The molecule has 2 heterocycles. The van der Waals surface area contributed by atoms with E-state index in [1.807, 2.05) is 6.07 Å². The van der Waals surface area contributed by atoms with Crippen molar-refractivity contribution in [3.63, 3.8) is 0 Å². The molecule has 3 rings (SSSR count). The van der Waals surface area contributed by atoms with Gasteiger partial charge in [-0.3, -0.25) is 4.79 Å². The van der Waals surface area contributed by atoms with Crippen LogP contribution in [0.4, 0.5) is 13.2 Å². The van der Waals surface area contributed by atoms with Crippen LogP contribution in [-0.2, 0) is 0 Å². The molecule has 0 amide bonds. The number of alkyl halides is 3. The van der Waals surface area contributed by atoms with Gasteiger partial charge in [0.1, 0.15) is 0 Å². The molecule has 3 aromatic rings. The van der Waals surface area contributed by atoms with Crippen LogP contribution in [0, 0.1) is 0 Å². The number of benzene rings is 1. The average Bonchev–Trinajstić information content (AvgIpc) is 3.17. The maximum Gasteiger partial charge on any atom is 0.455 e. The molecule has 0 saturated heterocycles. The first-order valence-corrected chi connectivity index (χ1v) is 7.08. The van der Waals surface area contributed by atoms with E-state index in [4.69, 9.17) is 0 Å². The minimum absolute atomic E-state index is 0.313. The van der Waals surface area contributed by atoms with E-state index in [1.165, 1.54) is 12.1 Å². The van der Waals surface area contributed by atoms with E-state index in [9.17, 15) is 18.0 Å². The van der Waals surface area contributed by atoms with E-state index in [0.29, 0.717) is 4.88 Å². The van der Waals surface area contributed by atoms with Gasteiger partial charge in [0, 0.05) is 17.3 Å². The van der Waals surface area contributed by atoms with Gasteiger partial charge in [-0.2, -0.15) is 18.3 Å². The second-order valence-corrected chi connectivity index (χ2v) is 5.58. The highest BCUT2D eigenvalue weighted by atomic mass is 32.1. The molecule has 0 fully saturated rings. The largest absolute Gasteiger partial charge is 0.455 e. The molecule has 112 valence electrons. The van der Waals surface area contributed by atoms with Crippen molar-refractivity contribution < 1.29 is 18.0 Å². The molecular weight excluding hydrogens is 313 g/mol. The number of ketones is 1. The second kappa shape index (κ2) is 5.42. The Hall–Kier alpha value is -2.41. The minimum atomic E-state index is -4.85. The van der Waals surface area contributed by atoms with Crippen LogP contribution in [0.25, 0.3) is 16.1 Å². The van der Waals surface area contributed by atoms with Crippen LogP contribution in [-0.4, -0.2) is 21.7 Å². The summed E-state index contributed by atoms with van der Waals surface area (Å²) in [7, 11) is 0. The molecule has 3 nitrogen and oxygen atoms in total. The lowest BCUT2D eigenvalue weighted by Crippen LogP contribution is -2.21. The van der Waals surface area contributed by atoms with Gasteiger partial charge in [0.25, 0.3) is 5.78 Å². The summed E-state index contributed by atoms with van der Waals surface area (Å²) in [6, 6.07) is 11.7. The normalized spacial score (nSPS) is 11.6. The number of hydrogen-bond donors (Lipinski definition) is 0. The maximum atomic E-state index is 12.4. The zero-order chi connectivity index (χ0) is 15.7. The summed E-state index contributed by atoms with van der Waals surface area (Å²) in [6.45, 7) is 0.